The van der Waals surface area contributed by atoms with Crippen molar-refractivity contribution in [2.75, 3.05) is 6.61 Å². The summed E-state index contributed by atoms with van der Waals surface area (Å²) in [5.74, 6) is 2.26. The number of para-hydroxylation sites is 2. The number of rotatable bonds is 6. The molecule has 1 aromatic carbocycles. The molecule has 0 N–H and O–H groups in total. The molecule has 0 saturated carbocycles. The lowest BCUT2D eigenvalue weighted by Gasteiger charge is -2.14. The summed E-state index contributed by atoms with van der Waals surface area (Å²) in [7, 11) is 0. The molecule has 90 valence electrons. The predicted octanol–water partition coefficient (Wildman–Crippen LogP) is 4.23. The fourth-order valence-electron chi connectivity index (χ4n) is 1.25. The Morgan fingerprint density at radius 2 is 1.75 bits per heavy atom. The van der Waals surface area contributed by atoms with Crippen LogP contribution in [0, 0.1) is 5.92 Å². The highest BCUT2D eigenvalue weighted by Gasteiger charge is 2.06. The van der Waals surface area contributed by atoms with Crippen LogP contribution in [0.25, 0.3) is 0 Å². The van der Waals surface area contributed by atoms with Crippen LogP contribution in [0.4, 0.5) is 0 Å². The summed E-state index contributed by atoms with van der Waals surface area (Å²) in [5, 5.41) is -0.0117. The van der Waals surface area contributed by atoms with E-state index in [1.54, 1.807) is 0 Å². The van der Waals surface area contributed by atoms with Crippen molar-refractivity contribution in [3.63, 3.8) is 0 Å². The molecule has 0 heterocycles. The van der Waals surface area contributed by atoms with Crippen molar-refractivity contribution in [1.82, 2.24) is 0 Å². The summed E-state index contributed by atoms with van der Waals surface area (Å²) < 4.78 is 11.3. The molecule has 1 atom stereocenters. The number of alkyl halides is 1. The number of hydrogen-bond donors (Lipinski definition) is 0. The van der Waals surface area contributed by atoms with Crippen molar-refractivity contribution in [2.45, 2.75) is 32.2 Å². The van der Waals surface area contributed by atoms with E-state index >= 15 is 0 Å². The van der Waals surface area contributed by atoms with E-state index in [1.165, 1.54) is 0 Å². The van der Waals surface area contributed by atoms with Gasteiger partial charge in [0.05, 0.1) is 6.61 Å². The summed E-state index contributed by atoms with van der Waals surface area (Å²) in [4.78, 5) is 0. The molecule has 0 radical (unpaired) electrons. The van der Waals surface area contributed by atoms with Crippen LogP contribution in [-0.2, 0) is 0 Å². The zero-order valence-corrected chi connectivity index (χ0v) is 11.7. The molecule has 16 heavy (non-hydrogen) atoms. The third-order valence-electron chi connectivity index (χ3n) is 2.09. The minimum Gasteiger partial charge on any atom is -0.490 e. The summed E-state index contributed by atoms with van der Waals surface area (Å²) >= 11 is 3.36. The van der Waals surface area contributed by atoms with Crippen molar-refractivity contribution >= 4 is 15.9 Å². The zero-order valence-electron chi connectivity index (χ0n) is 10.1. The Morgan fingerprint density at radius 3 is 2.31 bits per heavy atom. The molecule has 0 aliphatic heterocycles. The molecular weight excluding hydrogens is 268 g/mol. The predicted molar refractivity (Wildman–Crippen MR) is 70.4 cm³/mol. The van der Waals surface area contributed by atoms with Gasteiger partial charge in [0.25, 0.3) is 0 Å². The first-order valence-electron chi connectivity index (χ1n) is 5.62. The molecular formula is C13H19BrO2. The maximum atomic E-state index is 5.70. The van der Waals surface area contributed by atoms with Gasteiger partial charge in [0.2, 0.25) is 0 Å². The van der Waals surface area contributed by atoms with Gasteiger partial charge in [-0.2, -0.15) is 0 Å². The zero-order chi connectivity index (χ0) is 12.0. The normalized spacial score (nSPS) is 12.6. The van der Waals surface area contributed by atoms with E-state index in [4.69, 9.17) is 9.47 Å². The van der Waals surface area contributed by atoms with Crippen LogP contribution in [0.2, 0.25) is 0 Å². The Morgan fingerprint density at radius 1 is 1.12 bits per heavy atom. The fraction of sp³-hybridized carbons (Fsp3) is 0.538. The topological polar surface area (TPSA) is 18.5 Å². The van der Waals surface area contributed by atoms with E-state index in [-0.39, 0.29) is 5.01 Å². The van der Waals surface area contributed by atoms with Gasteiger partial charge in [0, 0.05) is 0 Å². The van der Waals surface area contributed by atoms with Gasteiger partial charge in [-0.05, 0) is 47.3 Å². The molecule has 0 fully saturated rings. The number of halogens is 1. The van der Waals surface area contributed by atoms with Gasteiger partial charge in [-0.3, -0.25) is 0 Å². The molecule has 2 nitrogen and oxygen atoms in total. The van der Waals surface area contributed by atoms with Crippen molar-refractivity contribution in [3.05, 3.63) is 24.3 Å². The molecule has 0 amide bonds. The maximum absolute atomic E-state index is 5.70. The smallest absolute Gasteiger partial charge is 0.162 e. The van der Waals surface area contributed by atoms with Gasteiger partial charge in [-0.25, -0.2) is 0 Å². The molecule has 0 saturated heterocycles. The SMILES string of the molecule is CC(C)CCOc1ccccc1OC(C)Br. The lowest BCUT2D eigenvalue weighted by molar-refractivity contribution is 0.254. The molecule has 1 aromatic rings. The second-order valence-electron chi connectivity index (χ2n) is 4.14. The van der Waals surface area contributed by atoms with Gasteiger partial charge in [-0.1, -0.05) is 26.0 Å². The minimum atomic E-state index is -0.0117. The largest absolute Gasteiger partial charge is 0.490 e. The van der Waals surface area contributed by atoms with Crippen molar-refractivity contribution in [3.8, 4) is 11.5 Å². The van der Waals surface area contributed by atoms with Crippen molar-refractivity contribution in [1.29, 1.82) is 0 Å². The molecule has 1 rings (SSSR count). The molecule has 0 aliphatic rings. The van der Waals surface area contributed by atoms with Crippen LogP contribution < -0.4 is 9.47 Å². The van der Waals surface area contributed by atoms with Crippen LogP contribution in [-0.4, -0.2) is 11.6 Å². The van der Waals surface area contributed by atoms with Crippen molar-refractivity contribution < 1.29 is 9.47 Å². The summed E-state index contributed by atoms with van der Waals surface area (Å²) in [6, 6.07) is 7.75. The van der Waals surface area contributed by atoms with E-state index in [2.05, 4.69) is 29.8 Å². The quantitative estimate of drug-likeness (QED) is 0.729. The van der Waals surface area contributed by atoms with Crippen LogP contribution in [0.3, 0.4) is 0 Å². The van der Waals surface area contributed by atoms with Crippen LogP contribution in [0.15, 0.2) is 24.3 Å². The highest BCUT2D eigenvalue weighted by Crippen LogP contribution is 2.28. The first kappa shape index (κ1) is 13.4. The van der Waals surface area contributed by atoms with Crippen LogP contribution >= 0.6 is 15.9 Å². The first-order chi connectivity index (χ1) is 7.59. The Kier molecular flexibility index (Phi) is 5.67. The van der Waals surface area contributed by atoms with Gasteiger partial charge in [0.1, 0.15) is 0 Å². The standard InChI is InChI=1S/C13H19BrO2/c1-10(2)8-9-15-12-6-4-5-7-13(12)16-11(3)14/h4-7,10-11H,8-9H2,1-3H3. The second kappa shape index (κ2) is 6.79. The Bertz CT molecular complexity index is 311. The molecule has 3 heteroatoms. The Hall–Kier alpha value is -0.700. The summed E-state index contributed by atoms with van der Waals surface area (Å²) in [5.41, 5.74) is 0. The van der Waals surface area contributed by atoms with E-state index in [9.17, 15) is 0 Å². The van der Waals surface area contributed by atoms with Gasteiger partial charge in [-0.15, -0.1) is 0 Å². The van der Waals surface area contributed by atoms with E-state index in [1.807, 2.05) is 31.2 Å². The fourth-order valence-corrected chi connectivity index (χ4v) is 1.45. The highest BCUT2D eigenvalue weighted by molar-refractivity contribution is 9.09. The second-order valence-corrected chi connectivity index (χ2v) is 5.43. The third-order valence-corrected chi connectivity index (χ3v) is 2.28. The average Bonchev–Trinajstić information content (AvgIpc) is 2.19. The molecule has 0 aromatic heterocycles. The number of ether oxygens (including phenoxy) is 2. The Labute approximate surface area is 106 Å². The van der Waals surface area contributed by atoms with Gasteiger partial charge < -0.3 is 9.47 Å². The summed E-state index contributed by atoms with van der Waals surface area (Å²) in [6.45, 7) is 7.04. The van der Waals surface area contributed by atoms with E-state index in [0.29, 0.717) is 5.92 Å². The summed E-state index contributed by atoms with van der Waals surface area (Å²) in [6.07, 6.45) is 1.05. The average molecular weight is 287 g/mol. The van der Waals surface area contributed by atoms with Crippen LogP contribution in [0.1, 0.15) is 27.2 Å². The van der Waals surface area contributed by atoms with Gasteiger partial charge >= 0.3 is 0 Å². The lowest BCUT2D eigenvalue weighted by Crippen LogP contribution is -2.06. The maximum Gasteiger partial charge on any atom is 0.162 e. The molecule has 1 unspecified atom stereocenters. The first-order valence-corrected chi connectivity index (χ1v) is 6.53. The molecule has 0 spiro atoms. The van der Waals surface area contributed by atoms with E-state index in [0.717, 1.165) is 24.5 Å². The van der Waals surface area contributed by atoms with Crippen LogP contribution in [0.5, 0.6) is 11.5 Å². The molecule has 0 aliphatic carbocycles. The monoisotopic (exact) mass is 286 g/mol. The lowest BCUT2D eigenvalue weighted by atomic mass is 10.1. The number of benzene rings is 1. The number of hydrogen-bond acceptors (Lipinski definition) is 2. The minimum absolute atomic E-state index is 0.0117. The Balaban J connectivity index is 2.56. The third kappa shape index (κ3) is 4.88. The van der Waals surface area contributed by atoms with E-state index < -0.39 is 0 Å². The van der Waals surface area contributed by atoms with Crippen molar-refractivity contribution in [2.24, 2.45) is 5.92 Å². The highest BCUT2D eigenvalue weighted by atomic mass is 79.9. The molecule has 0 bridgehead atoms. The van der Waals surface area contributed by atoms with Gasteiger partial charge in [0.15, 0.2) is 16.5 Å².